The van der Waals surface area contributed by atoms with Crippen LogP contribution in [0, 0.1) is 29.6 Å². The molecule has 1 heterocycles. The van der Waals surface area contributed by atoms with Gasteiger partial charge in [0.1, 0.15) is 0 Å². The van der Waals surface area contributed by atoms with Crippen LogP contribution < -0.4 is 5.43 Å². The Kier molecular flexibility index (Phi) is 4.05. The smallest absolute Gasteiger partial charge is 0.240 e. The van der Waals surface area contributed by atoms with Crippen LogP contribution in [0.15, 0.2) is 24.3 Å². The lowest BCUT2D eigenvalue weighted by molar-refractivity contribution is -0.152. The Hall–Kier alpha value is -1.06. The summed E-state index contributed by atoms with van der Waals surface area (Å²) in [7, 11) is 0. The first-order chi connectivity index (χ1) is 12.2. The number of amides is 1. The Labute approximate surface area is 155 Å². The van der Waals surface area contributed by atoms with Crippen molar-refractivity contribution in [2.45, 2.75) is 57.5 Å². The van der Waals surface area contributed by atoms with Gasteiger partial charge >= 0.3 is 0 Å². The fraction of sp³-hybridized carbons (Fsp3) is 0.667. The summed E-state index contributed by atoms with van der Waals surface area (Å²) in [4.78, 5) is 13.2. The van der Waals surface area contributed by atoms with E-state index in [0.717, 1.165) is 34.8 Å². The van der Waals surface area contributed by atoms with Gasteiger partial charge in [-0.1, -0.05) is 49.1 Å². The predicted octanol–water partition coefficient (Wildman–Crippen LogP) is 4.41. The highest BCUT2D eigenvalue weighted by atomic mass is 35.5. The maximum atomic E-state index is 13.2. The fourth-order valence-electron chi connectivity index (χ4n) is 6.56. The summed E-state index contributed by atoms with van der Waals surface area (Å²) in [5.74, 6) is 3.53. The van der Waals surface area contributed by atoms with Gasteiger partial charge in [-0.2, -0.15) is 0 Å². The molecule has 4 heteroatoms. The standard InChI is InChI=1S/C21H27ClN2O/c22-18-11-4-1-6-13(18)12-24-21(25)17-10-5-9-15-14-7-2-3-8-16(14)20(23-24)19(15)17/h1,4,6,11,14-17,19-20,23H,2-3,5,7-10,12H2. The number of benzene rings is 1. The summed E-state index contributed by atoms with van der Waals surface area (Å²) in [5.41, 5.74) is 4.73. The summed E-state index contributed by atoms with van der Waals surface area (Å²) < 4.78 is 0. The molecule has 6 unspecified atom stereocenters. The largest absolute Gasteiger partial charge is 0.273 e. The molecule has 1 aromatic rings. The van der Waals surface area contributed by atoms with Gasteiger partial charge in [-0.05, 0) is 61.0 Å². The number of nitrogens with zero attached hydrogens (tertiary/aromatic N) is 1. The van der Waals surface area contributed by atoms with E-state index in [1.807, 2.05) is 29.3 Å². The van der Waals surface area contributed by atoms with Gasteiger partial charge in [-0.3, -0.25) is 9.80 Å². The van der Waals surface area contributed by atoms with Crippen LogP contribution in [-0.4, -0.2) is 17.0 Å². The number of hydrogen-bond acceptors (Lipinski definition) is 2. The molecule has 4 fully saturated rings. The number of rotatable bonds is 2. The number of carbonyl (C=O) groups is 1. The highest BCUT2D eigenvalue weighted by Crippen LogP contribution is 2.57. The van der Waals surface area contributed by atoms with E-state index in [4.69, 9.17) is 11.6 Å². The van der Waals surface area contributed by atoms with Gasteiger partial charge in [0.25, 0.3) is 0 Å². The molecule has 25 heavy (non-hydrogen) atoms. The second-order valence-corrected chi connectivity index (χ2v) is 8.97. The van der Waals surface area contributed by atoms with Crippen molar-refractivity contribution in [1.29, 1.82) is 0 Å². The number of fused-ring (bicyclic) bond motifs is 3. The topological polar surface area (TPSA) is 32.3 Å². The van der Waals surface area contributed by atoms with E-state index in [0.29, 0.717) is 24.4 Å². The molecule has 6 atom stereocenters. The average Bonchev–Trinajstić information content (AvgIpc) is 2.96. The summed E-state index contributed by atoms with van der Waals surface area (Å²) in [6, 6.07) is 8.40. The van der Waals surface area contributed by atoms with Crippen LogP contribution in [0.1, 0.15) is 50.5 Å². The van der Waals surface area contributed by atoms with Gasteiger partial charge < -0.3 is 0 Å². The van der Waals surface area contributed by atoms with E-state index in [9.17, 15) is 4.79 Å². The van der Waals surface area contributed by atoms with Gasteiger partial charge in [0, 0.05) is 17.0 Å². The van der Waals surface area contributed by atoms with E-state index in [1.165, 1.54) is 38.5 Å². The highest BCUT2D eigenvalue weighted by Gasteiger charge is 2.58. The van der Waals surface area contributed by atoms with Gasteiger partial charge in [0.15, 0.2) is 0 Å². The molecule has 1 aliphatic heterocycles. The van der Waals surface area contributed by atoms with Gasteiger partial charge in [-0.25, -0.2) is 5.43 Å². The highest BCUT2D eigenvalue weighted by molar-refractivity contribution is 6.31. The van der Waals surface area contributed by atoms with E-state index < -0.39 is 0 Å². The summed E-state index contributed by atoms with van der Waals surface area (Å²) in [6.07, 6.45) is 9.13. The first-order valence-corrected chi connectivity index (χ1v) is 10.4. The third-order valence-electron chi connectivity index (χ3n) is 7.49. The Balaban J connectivity index is 1.45. The maximum absolute atomic E-state index is 13.2. The average molecular weight is 359 g/mol. The molecule has 1 aromatic carbocycles. The van der Waals surface area contributed by atoms with E-state index in [1.54, 1.807) is 0 Å². The van der Waals surface area contributed by atoms with Crippen molar-refractivity contribution in [1.82, 2.24) is 10.4 Å². The van der Waals surface area contributed by atoms with Crippen molar-refractivity contribution in [3.05, 3.63) is 34.9 Å². The molecule has 3 nitrogen and oxygen atoms in total. The van der Waals surface area contributed by atoms with Gasteiger partial charge in [-0.15, -0.1) is 0 Å². The summed E-state index contributed by atoms with van der Waals surface area (Å²) in [6.45, 7) is 0.584. The SMILES string of the molecule is O=C1C2CCCC3C4CCCCC4C(NN1Cc1ccccc1Cl)C23. The van der Waals surface area contributed by atoms with Gasteiger partial charge in [0.05, 0.1) is 6.54 Å². The minimum atomic E-state index is 0.234. The quantitative estimate of drug-likeness (QED) is 0.849. The van der Waals surface area contributed by atoms with Crippen molar-refractivity contribution >= 4 is 17.5 Å². The molecule has 0 bridgehead atoms. The molecule has 3 saturated carbocycles. The lowest BCUT2D eigenvalue weighted by Gasteiger charge is -2.46. The number of carbonyl (C=O) groups excluding carboxylic acids is 1. The minimum absolute atomic E-state index is 0.234. The lowest BCUT2D eigenvalue weighted by Crippen LogP contribution is -2.61. The Morgan fingerprint density at radius 2 is 1.76 bits per heavy atom. The van der Waals surface area contributed by atoms with Crippen molar-refractivity contribution in [2.24, 2.45) is 29.6 Å². The second kappa shape index (κ2) is 6.28. The third-order valence-corrected chi connectivity index (χ3v) is 7.86. The van der Waals surface area contributed by atoms with E-state index >= 15 is 0 Å². The molecule has 134 valence electrons. The molecule has 0 spiro atoms. The van der Waals surface area contributed by atoms with E-state index in [2.05, 4.69) is 5.43 Å². The molecule has 5 rings (SSSR count). The Morgan fingerprint density at radius 3 is 2.60 bits per heavy atom. The molecular weight excluding hydrogens is 332 g/mol. The number of hydrazine groups is 1. The number of halogens is 1. The molecule has 1 saturated heterocycles. The summed E-state index contributed by atoms with van der Waals surface area (Å²) >= 11 is 6.35. The number of hydrogen-bond donors (Lipinski definition) is 1. The van der Waals surface area contributed by atoms with Crippen LogP contribution in [0.25, 0.3) is 0 Å². The maximum Gasteiger partial charge on any atom is 0.240 e. The molecule has 4 aliphatic rings. The van der Waals surface area contributed by atoms with Crippen LogP contribution in [0.3, 0.4) is 0 Å². The van der Waals surface area contributed by atoms with Crippen LogP contribution in [0.2, 0.25) is 5.02 Å². The normalized spacial score (nSPS) is 39.9. The predicted molar refractivity (Wildman–Crippen MR) is 98.7 cm³/mol. The zero-order valence-corrected chi connectivity index (χ0v) is 15.4. The molecule has 1 amide bonds. The molecular formula is C21H27ClN2O. The monoisotopic (exact) mass is 358 g/mol. The Bertz CT molecular complexity index is 678. The van der Waals surface area contributed by atoms with Gasteiger partial charge in [0.2, 0.25) is 5.91 Å². The zero-order valence-electron chi connectivity index (χ0n) is 14.7. The van der Waals surface area contributed by atoms with Crippen molar-refractivity contribution in [2.75, 3.05) is 0 Å². The Morgan fingerprint density at radius 1 is 1.00 bits per heavy atom. The van der Waals surface area contributed by atoms with Crippen LogP contribution in [0.5, 0.6) is 0 Å². The number of nitrogens with one attached hydrogen (secondary N) is 1. The first-order valence-electron chi connectivity index (χ1n) is 10.0. The van der Waals surface area contributed by atoms with Crippen molar-refractivity contribution in [3.63, 3.8) is 0 Å². The first kappa shape index (κ1) is 16.1. The van der Waals surface area contributed by atoms with Crippen molar-refractivity contribution < 1.29 is 4.79 Å². The molecule has 1 N–H and O–H groups in total. The third kappa shape index (κ3) is 2.54. The van der Waals surface area contributed by atoms with Crippen LogP contribution in [0.4, 0.5) is 0 Å². The molecule has 0 radical (unpaired) electrons. The lowest BCUT2D eigenvalue weighted by atomic mass is 9.68. The van der Waals surface area contributed by atoms with Crippen molar-refractivity contribution in [3.8, 4) is 0 Å². The fourth-order valence-corrected chi connectivity index (χ4v) is 6.75. The van der Waals surface area contributed by atoms with Crippen LogP contribution in [-0.2, 0) is 11.3 Å². The minimum Gasteiger partial charge on any atom is -0.273 e. The van der Waals surface area contributed by atoms with Crippen LogP contribution >= 0.6 is 11.6 Å². The summed E-state index contributed by atoms with van der Waals surface area (Å²) in [5, 5.41) is 2.66. The second-order valence-electron chi connectivity index (χ2n) is 8.56. The molecule has 0 aromatic heterocycles. The zero-order chi connectivity index (χ0) is 17.0. The van der Waals surface area contributed by atoms with E-state index in [-0.39, 0.29) is 5.92 Å². The molecule has 3 aliphatic carbocycles.